The molecule has 0 unspecified atom stereocenters. The number of rotatable bonds is 63. The number of unbranched alkanes of at least 4 members (excludes halogenated alkanes) is 8. The number of carboxylic acid groups (broad SMARTS) is 1. The van der Waals surface area contributed by atoms with E-state index in [1.807, 2.05) is 0 Å². The summed E-state index contributed by atoms with van der Waals surface area (Å²) in [7, 11) is 0. The third kappa shape index (κ3) is 38.4. The Hall–Kier alpha value is -13.7. The lowest BCUT2D eigenvalue weighted by Gasteiger charge is -2.31. The SMILES string of the molecule is CCCCOc1ccc(C(=O)Oc2ccc(OCCCCC(=O)OCC(C)(COC(=O)CCCCOc3ccc(OC(=O)c4ccc(OCCCC)cc4)cc3)C(=O)OCC(C)(COC(=O)C(C)(COC(=O)CCCCOc3ccc(OC(=O)c4ccc(OCCCC)cc4)cc3)COC(=O)CCCCOc3ccc(OC(=O)c4ccc(OCCCC)cc4)cc3)C(=O)O)cc2)cc1. The number of carbonyl (C=O) groups excluding carboxylic acids is 10. The molecule has 0 radical (unpaired) electrons. The van der Waals surface area contributed by atoms with Gasteiger partial charge in [-0.15, -0.1) is 0 Å². The van der Waals surface area contributed by atoms with Crippen LogP contribution >= 0.6 is 0 Å². The second-order valence-corrected chi connectivity index (χ2v) is 32.4. The number of carbonyl (C=O) groups is 11. The molecule has 8 rings (SSSR count). The fourth-order valence-electron chi connectivity index (χ4n) is 11.9. The van der Waals surface area contributed by atoms with Crippen molar-refractivity contribution in [1.29, 1.82) is 0 Å². The van der Waals surface area contributed by atoms with Crippen LogP contribution in [0, 0.1) is 16.2 Å². The molecule has 30 heteroatoms. The largest absolute Gasteiger partial charge is 0.494 e. The Morgan fingerprint density at radius 2 is 0.383 bits per heavy atom. The molecule has 0 saturated carbocycles. The van der Waals surface area contributed by atoms with Crippen molar-refractivity contribution in [2.45, 2.75) is 177 Å². The van der Waals surface area contributed by atoms with Gasteiger partial charge in [-0.2, -0.15) is 0 Å². The van der Waals surface area contributed by atoms with Gasteiger partial charge in [0.25, 0.3) is 0 Å². The molecule has 1 N–H and O–H groups in total. The van der Waals surface area contributed by atoms with E-state index in [0.29, 0.717) is 120 Å². The van der Waals surface area contributed by atoms with E-state index < -0.39 is 122 Å². The third-order valence-electron chi connectivity index (χ3n) is 20.5. The summed E-state index contributed by atoms with van der Waals surface area (Å²) < 4.78 is 102. The molecule has 0 heterocycles. The standard InChI is InChI=1S/C103H122O30/c1-8-12-60-116-78-36-28-74(29-37-78)94(108)130-86-52-44-82(45-53-86)120-64-20-16-24-90(104)124-70-102(6,71-125-91(105)25-17-21-65-121-83-46-54-87(55-47-83)131-95(109)75-30-38-79(39-31-75)117-61-13-9-2)99(114)128-68-101(5,98(112)113)69-129-100(115)103(7,72-126-92(106)26-18-22-66-122-84-48-56-88(57-49-84)132-96(110)76-32-40-80(41-33-76)118-62-14-10-3)73-127-93(107)27-19-23-67-123-85-50-58-89(59-51-85)133-97(111)77-34-42-81(43-35-77)119-63-15-11-4/h28-59H,8-27,60-73H2,1-7H3,(H,112,113). The first-order chi connectivity index (χ1) is 64.3. The highest BCUT2D eigenvalue weighted by Gasteiger charge is 2.45. The number of ether oxygens (including phenoxy) is 18. The highest BCUT2D eigenvalue weighted by atomic mass is 16.6. The lowest BCUT2D eigenvalue weighted by atomic mass is 9.90. The first-order valence-electron chi connectivity index (χ1n) is 45.2. The third-order valence-corrected chi connectivity index (χ3v) is 20.5. The van der Waals surface area contributed by atoms with Crippen LogP contribution in [0.2, 0.25) is 0 Å². The molecule has 0 bridgehead atoms. The van der Waals surface area contributed by atoms with E-state index in [0.717, 1.165) is 58.3 Å². The highest BCUT2D eigenvalue weighted by molar-refractivity contribution is 5.93. The van der Waals surface area contributed by atoms with Gasteiger partial charge < -0.3 is 90.4 Å². The maximum Gasteiger partial charge on any atom is 0.343 e. The van der Waals surface area contributed by atoms with Crippen molar-refractivity contribution in [2.75, 3.05) is 92.5 Å². The number of carboxylic acids is 1. The van der Waals surface area contributed by atoms with E-state index >= 15 is 0 Å². The molecule has 0 spiro atoms. The van der Waals surface area contributed by atoms with Crippen LogP contribution in [-0.2, 0) is 62.0 Å². The monoisotopic (exact) mass is 1840 g/mol. The molecule has 8 aromatic carbocycles. The first-order valence-corrected chi connectivity index (χ1v) is 45.2. The predicted octanol–water partition coefficient (Wildman–Crippen LogP) is 18.9. The van der Waals surface area contributed by atoms with Crippen molar-refractivity contribution >= 4 is 65.7 Å². The summed E-state index contributed by atoms with van der Waals surface area (Å²) in [5.74, 6) is -3.60. The number of aliphatic carboxylic acids is 1. The molecule has 0 aliphatic rings. The van der Waals surface area contributed by atoms with E-state index in [2.05, 4.69) is 27.7 Å². The predicted molar refractivity (Wildman–Crippen MR) is 488 cm³/mol. The molecule has 714 valence electrons. The summed E-state index contributed by atoms with van der Waals surface area (Å²) >= 11 is 0. The van der Waals surface area contributed by atoms with Crippen LogP contribution in [0.5, 0.6) is 69.0 Å². The first kappa shape index (κ1) is 105. The Morgan fingerprint density at radius 1 is 0.218 bits per heavy atom. The minimum absolute atomic E-state index is 0.146. The lowest BCUT2D eigenvalue weighted by Crippen LogP contribution is -2.46. The van der Waals surface area contributed by atoms with Crippen LogP contribution in [-0.4, -0.2) is 163 Å². The van der Waals surface area contributed by atoms with Gasteiger partial charge in [-0.25, -0.2) is 19.2 Å². The second kappa shape index (κ2) is 56.8. The van der Waals surface area contributed by atoms with Gasteiger partial charge in [0.1, 0.15) is 125 Å². The second-order valence-electron chi connectivity index (χ2n) is 32.4. The zero-order valence-corrected chi connectivity index (χ0v) is 76.8. The van der Waals surface area contributed by atoms with E-state index in [1.165, 1.54) is 13.8 Å². The molecule has 0 fully saturated rings. The van der Waals surface area contributed by atoms with Crippen LogP contribution in [0.1, 0.15) is 218 Å². The topological polar surface area (TPSA) is 374 Å². The molecule has 8 aromatic rings. The zero-order valence-electron chi connectivity index (χ0n) is 76.8. The fourth-order valence-corrected chi connectivity index (χ4v) is 11.9. The van der Waals surface area contributed by atoms with Gasteiger partial charge in [0, 0.05) is 25.7 Å². The molecule has 0 aromatic heterocycles. The summed E-state index contributed by atoms with van der Waals surface area (Å²) in [6, 6.07) is 52.2. The minimum Gasteiger partial charge on any atom is -0.494 e. The van der Waals surface area contributed by atoms with Gasteiger partial charge in [-0.05, 0) is 292 Å². The van der Waals surface area contributed by atoms with E-state index in [9.17, 15) is 57.8 Å². The Morgan fingerprint density at radius 3 is 0.564 bits per heavy atom. The summed E-state index contributed by atoms with van der Waals surface area (Å²) in [6.07, 6.45) is 9.53. The Balaban J connectivity index is 0.845. The maximum atomic E-state index is 14.4. The van der Waals surface area contributed by atoms with Gasteiger partial charge in [-0.3, -0.25) is 33.6 Å². The van der Waals surface area contributed by atoms with Crippen molar-refractivity contribution in [1.82, 2.24) is 0 Å². The zero-order chi connectivity index (χ0) is 95.5. The smallest absolute Gasteiger partial charge is 0.343 e. The summed E-state index contributed by atoms with van der Waals surface area (Å²) in [5, 5.41) is 10.8. The molecule has 0 aliphatic carbocycles. The van der Waals surface area contributed by atoms with Gasteiger partial charge in [0.2, 0.25) is 0 Å². The van der Waals surface area contributed by atoms with E-state index in [-0.39, 0.29) is 101 Å². The van der Waals surface area contributed by atoms with E-state index in [1.54, 1.807) is 194 Å². The Kier molecular flexibility index (Phi) is 44.7. The molecular weight excluding hydrogens is 1720 g/mol. The molecule has 0 saturated heterocycles. The van der Waals surface area contributed by atoms with Crippen LogP contribution in [0.3, 0.4) is 0 Å². The van der Waals surface area contributed by atoms with E-state index in [4.69, 9.17) is 85.3 Å². The Labute approximate surface area is 776 Å². The molecule has 30 nitrogen and oxygen atoms in total. The van der Waals surface area contributed by atoms with Crippen LogP contribution in [0.4, 0.5) is 0 Å². The van der Waals surface area contributed by atoms with Gasteiger partial charge in [-0.1, -0.05) is 53.4 Å². The average molecular weight is 1840 g/mol. The van der Waals surface area contributed by atoms with Crippen LogP contribution < -0.4 is 56.8 Å². The molecule has 0 amide bonds. The van der Waals surface area contributed by atoms with Crippen molar-refractivity contribution in [2.24, 2.45) is 16.2 Å². The number of esters is 10. The summed E-state index contributed by atoms with van der Waals surface area (Å²) in [5.41, 5.74) is -4.78. The number of hydrogen-bond donors (Lipinski definition) is 1. The molecule has 0 aliphatic heterocycles. The van der Waals surface area contributed by atoms with Crippen molar-refractivity contribution in [3.8, 4) is 69.0 Å². The summed E-state index contributed by atoms with van der Waals surface area (Å²) in [6.45, 7) is 10.2. The normalized spacial score (nSPS) is 11.2. The maximum absolute atomic E-state index is 14.4. The lowest BCUT2D eigenvalue weighted by molar-refractivity contribution is -0.180. The minimum atomic E-state index is -2.21. The molecular formula is C103H122O30. The summed E-state index contributed by atoms with van der Waals surface area (Å²) in [4.78, 5) is 147. The van der Waals surface area contributed by atoms with Gasteiger partial charge >= 0.3 is 65.7 Å². The molecule has 133 heavy (non-hydrogen) atoms. The van der Waals surface area contributed by atoms with Crippen LogP contribution in [0.25, 0.3) is 0 Å². The fraction of sp³-hybridized carbons (Fsp3) is 0.427. The van der Waals surface area contributed by atoms with Gasteiger partial charge in [0.15, 0.2) is 0 Å². The highest BCUT2D eigenvalue weighted by Crippen LogP contribution is 2.31. The average Bonchev–Trinajstić information content (AvgIpc) is 0.822. The van der Waals surface area contributed by atoms with Crippen molar-refractivity contribution in [3.05, 3.63) is 216 Å². The quantitative estimate of drug-likeness (QED) is 0.0160. The van der Waals surface area contributed by atoms with Crippen molar-refractivity contribution in [3.63, 3.8) is 0 Å². The molecule has 0 atom stereocenters. The number of hydrogen-bond acceptors (Lipinski definition) is 29. The Bertz CT molecular complexity index is 4340. The van der Waals surface area contributed by atoms with Gasteiger partial charge in [0.05, 0.1) is 75.1 Å². The number of benzene rings is 8. The van der Waals surface area contributed by atoms with Crippen LogP contribution in [0.15, 0.2) is 194 Å². The van der Waals surface area contributed by atoms with Crippen molar-refractivity contribution < 1.29 is 143 Å².